The van der Waals surface area contributed by atoms with Crippen LogP contribution in [0.2, 0.25) is 5.02 Å². The van der Waals surface area contributed by atoms with Gasteiger partial charge in [0.1, 0.15) is 5.82 Å². The number of hydrogen-bond donors (Lipinski definition) is 1. The van der Waals surface area contributed by atoms with Crippen molar-refractivity contribution in [1.29, 1.82) is 0 Å². The van der Waals surface area contributed by atoms with Crippen molar-refractivity contribution in [2.24, 2.45) is 0 Å². The van der Waals surface area contributed by atoms with Gasteiger partial charge in [-0.1, -0.05) is 11.6 Å². The Hall–Kier alpha value is -1.35. The lowest BCUT2D eigenvalue weighted by atomic mass is 10.1. The zero-order chi connectivity index (χ0) is 11.2. The van der Waals surface area contributed by atoms with Gasteiger partial charge in [-0.05, 0) is 26.0 Å². The summed E-state index contributed by atoms with van der Waals surface area (Å²) < 4.78 is 13.2. The maximum Gasteiger partial charge on any atom is 0.162 e. The Morgan fingerprint density at radius 3 is 2.73 bits per heavy atom. The molecule has 4 heteroatoms. The van der Waals surface area contributed by atoms with E-state index in [1.54, 1.807) is 6.92 Å². The Kier molecular flexibility index (Phi) is 2.27. The molecule has 78 valence electrons. The highest BCUT2D eigenvalue weighted by atomic mass is 35.5. The highest BCUT2D eigenvalue weighted by Gasteiger charge is 2.14. The summed E-state index contributed by atoms with van der Waals surface area (Å²) in [4.78, 5) is 14.3. The fourth-order valence-corrected chi connectivity index (χ4v) is 1.94. The molecule has 0 aliphatic rings. The Morgan fingerprint density at radius 1 is 1.47 bits per heavy atom. The molecule has 0 aliphatic carbocycles. The van der Waals surface area contributed by atoms with Gasteiger partial charge < -0.3 is 4.98 Å². The van der Waals surface area contributed by atoms with Crippen molar-refractivity contribution >= 4 is 28.3 Å². The number of rotatable bonds is 1. The predicted octanol–water partition coefficient (Wildman–Crippen LogP) is 3.47. The number of Topliss-reactive ketones (excluding diaryl/α,β-unsaturated/α-hetero) is 1. The number of benzene rings is 1. The molecule has 0 amide bonds. The van der Waals surface area contributed by atoms with Crippen molar-refractivity contribution < 1.29 is 9.18 Å². The molecule has 0 unspecified atom stereocenters. The maximum absolute atomic E-state index is 13.2. The first-order valence-corrected chi connectivity index (χ1v) is 4.86. The predicted molar refractivity (Wildman–Crippen MR) is 58.0 cm³/mol. The van der Waals surface area contributed by atoms with E-state index in [1.807, 2.05) is 0 Å². The molecule has 2 rings (SSSR count). The number of hydrogen-bond acceptors (Lipinski definition) is 1. The quantitative estimate of drug-likeness (QED) is 0.741. The van der Waals surface area contributed by atoms with E-state index in [1.165, 1.54) is 19.1 Å². The molecule has 0 bridgehead atoms. The van der Waals surface area contributed by atoms with Crippen LogP contribution in [0.25, 0.3) is 10.9 Å². The first-order chi connectivity index (χ1) is 7.00. The summed E-state index contributed by atoms with van der Waals surface area (Å²) in [6.45, 7) is 3.26. The van der Waals surface area contributed by atoms with Gasteiger partial charge in [-0.25, -0.2) is 4.39 Å². The average Bonchev–Trinajstić information content (AvgIpc) is 2.41. The second kappa shape index (κ2) is 3.35. The van der Waals surface area contributed by atoms with Crippen LogP contribution in [0.15, 0.2) is 12.1 Å². The fourth-order valence-electron chi connectivity index (χ4n) is 1.78. The van der Waals surface area contributed by atoms with Gasteiger partial charge >= 0.3 is 0 Å². The van der Waals surface area contributed by atoms with Crippen LogP contribution in [0.5, 0.6) is 0 Å². The Morgan fingerprint density at radius 2 is 2.13 bits per heavy atom. The molecule has 0 saturated carbocycles. The van der Waals surface area contributed by atoms with Gasteiger partial charge in [0.15, 0.2) is 5.78 Å². The third-order valence-electron chi connectivity index (χ3n) is 2.38. The number of fused-ring (bicyclic) bond motifs is 1. The molecule has 0 atom stereocenters. The van der Waals surface area contributed by atoms with Crippen LogP contribution in [-0.2, 0) is 0 Å². The van der Waals surface area contributed by atoms with Crippen molar-refractivity contribution in [2.45, 2.75) is 13.8 Å². The van der Waals surface area contributed by atoms with Crippen molar-refractivity contribution in [3.8, 4) is 0 Å². The SMILES string of the molecule is CC(=O)c1c(C)[nH]c2cc(F)c(Cl)cc12. The molecule has 0 aliphatic heterocycles. The zero-order valence-electron chi connectivity index (χ0n) is 8.32. The van der Waals surface area contributed by atoms with E-state index in [-0.39, 0.29) is 10.8 Å². The number of carbonyl (C=O) groups excluding carboxylic acids is 1. The molecule has 1 aromatic carbocycles. The second-order valence-electron chi connectivity index (χ2n) is 3.49. The van der Waals surface area contributed by atoms with Crippen LogP contribution in [0.4, 0.5) is 4.39 Å². The number of H-pyrrole nitrogens is 1. The number of nitrogens with one attached hydrogen (secondary N) is 1. The van der Waals surface area contributed by atoms with E-state index in [4.69, 9.17) is 11.6 Å². The van der Waals surface area contributed by atoms with Crippen molar-refractivity contribution in [1.82, 2.24) is 4.98 Å². The highest BCUT2D eigenvalue weighted by Crippen LogP contribution is 2.27. The fraction of sp³-hybridized carbons (Fsp3) is 0.182. The number of halogens is 2. The van der Waals surface area contributed by atoms with Gasteiger partial charge in [0.2, 0.25) is 0 Å². The standard InChI is InChI=1S/C11H9ClFNO/c1-5-11(6(2)15)7-3-8(12)9(13)4-10(7)14-5/h3-4,14H,1-2H3. The molecular formula is C11H9ClFNO. The largest absolute Gasteiger partial charge is 0.358 e. The lowest BCUT2D eigenvalue weighted by molar-refractivity contribution is 0.101. The summed E-state index contributed by atoms with van der Waals surface area (Å²) >= 11 is 5.67. The molecule has 0 fully saturated rings. The van der Waals surface area contributed by atoms with E-state index in [9.17, 15) is 9.18 Å². The minimum atomic E-state index is -0.486. The average molecular weight is 226 g/mol. The number of aromatic amines is 1. The van der Waals surface area contributed by atoms with Crippen LogP contribution in [0.1, 0.15) is 23.0 Å². The molecule has 2 aromatic rings. The van der Waals surface area contributed by atoms with Crippen LogP contribution in [-0.4, -0.2) is 10.8 Å². The van der Waals surface area contributed by atoms with E-state index < -0.39 is 5.82 Å². The molecule has 1 N–H and O–H groups in total. The topological polar surface area (TPSA) is 32.9 Å². The number of aryl methyl sites for hydroxylation is 1. The Bertz CT molecular complexity index is 559. The third-order valence-corrected chi connectivity index (χ3v) is 2.67. The molecule has 15 heavy (non-hydrogen) atoms. The normalized spacial score (nSPS) is 10.9. The Balaban J connectivity index is 2.87. The molecule has 1 heterocycles. The summed E-state index contributed by atoms with van der Waals surface area (Å²) in [5.41, 5.74) is 1.91. The van der Waals surface area contributed by atoms with E-state index >= 15 is 0 Å². The lowest BCUT2D eigenvalue weighted by Crippen LogP contribution is -1.92. The number of ketones is 1. The summed E-state index contributed by atoms with van der Waals surface area (Å²) in [7, 11) is 0. The summed E-state index contributed by atoms with van der Waals surface area (Å²) in [5.74, 6) is -0.540. The van der Waals surface area contributed by atoms with Gasteiger partial charge in [0, 0.05) is 22.2 Å². The lowest BCUT2D eigenvalue weighted by Gasteiger charge is -1.96. The minimum absolute atomic E-state index is 0.0315. The van der Waals surface area contributed by atoms with Crippen LogP contribution < -0.4 is 0 Å². The molecular weight excluding hydrogens is 217 g/mol. The number of aromatic nitrogens is 1. The van der Waals surface area contributed by atoms with Crippen LogP contribution >= 0.6 is 11.6 Å². The molecule has 0 radical (unpaired) electrons. The van der Waals surface area contributed by atoms with Gasteiger partial charge in [-0.2, -0.15) is 0 Å². The smallest absolute Gasteiger partial charge is 0.162 e. The van der Waals surface area contributed by atoms with Gasteiger partial charge in [0.05, 0.1) is 5.02 Å². The maximum atomic E-state index is 13.2. The monoisotopic (exact) mass is 225 g/mol. The van der Waals surface area contributed by atoms with Crippen LogP contribution in [0.3, 0.4) is 0 Å². The molecule has 2 nitrogen and oxygen atoms in total. The zero-order valence-corrected chi connectivity index (χ0v) is 9.07. The minimum Gasteiger partial charge on any atom is -0.358 e. The molecule has 0 saturated heterocycles. The first-order valence-electron chi connectivity index (χ1n) is 4.49. The second-order valence-corrected chi connectivity index (χ2v) is 3.90. The third kappa shape index (κ3) is 1.53. The van der Waals surface area contributed by atoms with E-state index in [0.29, 0.717) is 16.5 Å². The molecule has 1 aromatic heterocycles. The van der Waals surface area contributed by atoms with Gasteiger partial charge in [-0.15, -0.1) is 0 Å². The van der Waals surface area contributed by atoms with Crippen molar-refractivity contribution in [2.75, 3.05) is 0 Å². The van der Waals surface area contributed by atoms with Crippen molar-refractivity contribution in [3.63, 3.8) is 0 Å². The van der Waals surface area contributed by atoms with Crippen molar-refractivity contribution in [3.05, 3.63) is 34.2 Å². The Labute approximate surface area is 91.0 Å². The molecule has 0 spiro atoms. The van der Waals surface area contributed by atoms with E-state index in [0.717, 1.165) is 5.69 Å². The number of carbonyl (C=O) groups is 1. The highest BCUT2D eigenvalue weighted by molar-refractivity contribution is 6.31. The van der Waals surface area contributed by atoms with Gasteiger partial charge in [-0.3, -0.25) is 4.79 Å². The van der Waals surface area contributed by atoms with E-state index in [2.05, 4.69) is 4.98 Å². The summed E-state index contributed by atoms with van der Waals surface area (Å²) in [5, 5.41) is 0.704. The summed E-state index contributed by atoms with van der Waals surface area (Å²) in [6, 6.07) is 2.78. The summed E-state index contributed by atoms with van der Waals surface area (Å²) in [6.07, 6.45) is 0. The van der Waals surface area contributed by atoms with Crippen LogP contribution in [0, 0.1) is 12.7 Å². The van der Waals surface area contributed by atoms with Gasteiger partial charge in [0.25, 0.3) is 0 Å². The first kappa shape index (κ1) is 10.2.